The zero-order valence-corrected chi connectivity index (χ0v) is 34.4. The highest BCUT2D eigenvalue weighted by Gasteiger charge is 2.36. The summed E-state index contributed by atoms with van der Waals surface area (Å²) in [7, 11) is -2.56. The summed E-state index contributed by atoms with van der Waals surface area (Å²) < 4.78 is 86.5. The van der Waals surface area contributed by atoms with Gasteiger partial charge in [-0.1, -0.05) is 55.8 Å². The van der Waals surface area contributed by atoms with Gasteiger partial charge in [0, 0.05) is 47.1 Å². The smallest absolute Gasteiger partial charge is 0.336 e. The first-order chi connectivity index (χ1) is 27.1. The number of hydrogen-bond acceptors (Lipinski definition) is 3. The van der Waals surface area contributed by atoms with Crippen molar-refractivity contribution in [1.82, 2.24) is 9.13 Å². The van der Waals surface area contributed by atoms with Crippen LogP contribution in [0.3, 0.4) is 0 Å². The van der Waals surface area contributed by atoms with Crippen molar-refractivity contribution in [2.45, 2.75) is 63.7 Å². The van der Waals surface area contributed by atoms with Crippen LogP contribution in [0.25, 0.3) is 21.8 Å². The SMILES string of the molecule is CC#CCC(CC)(c1ccc(C(F)(F)F)cc1)n1ccc2c(NS(C)=O)cccc21.CCC(CC#N)(c1ccc(Cl)cc1)n1ccc2c(NS(C)=O)cc(F)cc21. The Balaban J connectivity index is 0.000000219. The molecule has 0 aliphatic heterocycles. The average molecular weight is 836 g/mol. The Morgan fingerprint density at radius 1 is 0.719 bits per heavy atom. The number of alkyl halides is 3. The molecule has 6 rings (SSSR count). The molecule has 2 heterocycles. The van der Waals surface area contributed by atoms with Crippen LogP contribution in [-0.4, -0.2) is 30.1 Å². The van der Waals surface area contributed by atoms with Crippen molar-refractivity contribution in [1.29, 1.82) is 5.26 Å². The molecule has 0 spiro atoms. The molecule has 0 saturated heterocycles. The van der Waals surface area contributed by atoms with E-state index in [2.05, 4.69) is 31.9 Å². The first-order valence-electron chi connectivity index (χ1n) is 18.0. The van der Waals surface area contributed by atoms with E-state index >= 15 is 0 Å². The molecule has 0 aliphatic rings. The lowest BCUT2D eigenvalue weighted by molar-refractivity contribution is -0.137. The van der Waals surface area contributed by atoms with Crippen LogP contribution in [0.2, 0.25) is 5.02 Å². The monoisotopic (exact) mass is 835 g/mol. The lowest BCUT2D eigenvalue weighted by Crippen LogP contribution is -2.33. The molecule has 0 bridgehead atoms. The minimum atomic E-state index is -4.38. The second kappa shape index (κ2) is 18.0. The predicted molar refractivity (Wildman–Crippen MR) is 225 cm³/mol. The van der Waals surface area contributed by atoms with Crippen LogP contribution in [0.1, 0.15) is 63.1 Å². The van der Waals surface area contributed by atoms with Crippen LogP contribution < -0.4 is 9.44 Å². The summed E-state index contributed by atoms with van der Waals surface area (Å²) in [5, 5.41) is 11.8. The van der Waals surface area contributed by atoms with Gasteiger partial charge in [-0.25, -0.2) is 12.8 Å². The van der Waals surface area contributed by atoms with Crippen molar-refractivity contribution in [3.63, 3.8) is 0 Å². The molecule has 298 valence electrons. The molecule has 4 aromatic carbocycles. The van der Waals surface area contributed by atoms with Crippen LogP contribution in [0.5, 0.6) is 0 Å². The van der Waals surface area contributed by atoms with Gasteiger partial charge in [-0.3, -0.25) is 0 Å². The molecular weight excluding hydrogens is 794 g/mol. The molecule has 2 N–H and O–H groups in total. The van der Waals surface area contributed by atoms with E-state index < -0.39 is 50.6 Å². The van der Waals surface area contributed by atoms with Crippen molar-refractivity contribution in [2.75, 3.05) is 22.0 Å². The molecule has 0 saturated carbocycles. The van der Waals surface area contributed by atoms with E-state index in [-0.39, 0.29) is 6.42 Å². The van der Waals surface area contributed by atoms with Gasteiger partial charge in [-0.2, -0.15) is 18.4 Å². The topological polar surface area (TPSA) is 91.8 Å². The van der Waals surface area contributed by atoms with E-state index in [4.69, 9.17) is 11.6 Å². The molecule has 4 atom stereocenters. The van der Waals surface area contributed by atoms with Gasteiger partial charge in [0.15, 0.2) is 0 Å². The molecule has 7 nitrogen and oxygen atoms in total. The van der Waals surface area contributed by atoms with Gasteiger partial charge in [-0.05, 0) is 91.6 Å². The van der Waals surface area contributed by atoms with E-state index in [1.807, 2.05) is 73.3 Å². The first kappa shape index (κ1) is 43.1. The Morgan fingerprint density at radius 3 is 1.75 bits per heavy atom. The van der Waals surface area contributed by atoms with Gasteiger partial charge in [0.2, 0.25) is 0 Å². The highest BCUT2D eigenvalue weighted by Crippen LogP contribution is 2.41. The highest BCUT2D eigenvalue weighted by atomic mass is 35.5. The number of anilines is 2. The molecule has 0 aliphatic carbocycles. The van der Waals surface area contributed by atoms with Crippen LogP contribution >= 0.6 is 11.6 Å². The van der Waals surface area contributed by atoms with Crippen LogP contribution in [0, 0.1) is 29.0 Å². The molecule has 6 aromatic rings. The third-order valence-electron chi connectivity index (χ3n) is 10.2. The van der Waals surface area contributed by atoms with Crippen LogP contribution in [0.15, 0.2) is 103 Å². The Kier molecular flexibility index (Phi) is 13.6. The summed E-state index contributed by atoms with van der Waals surface area (Å²) in [4.78, 5) is 0. The summed E-state index contributed by atoms with van der Waals surface area (Å²) in [5.74, 6) is 5.60. The number of fused-ring (bicyclic) bond motifs is 2. The Bertz CT molecular complexity index is 2520. The lowest BCUT2D eigenvalue weighted by Gasteiger charge is -2.35. The maximum Gasteiger partial charge on any atom is 0.416 e. The molecule has 0 radical (unpaired) electrons. The van der Waals surface area contributed by atoms with E-state index in [9.17, 15) is 31.2 Å². The van der Waals surface area contributed by atoms with E-state index in [0.717, 1.165) is 45.2 Å². The number of nitrogens with zero attached hydrogens (tertiary/aromatic N) is 3. The van der Waals surface area contributed by atoms with Gasteiger partial charge in [0.1, 0.15) is 27.8 Å². The van der Waals surface area contributed by atoms with Crippen LogP contribution in [0.4, 0.5) is 28.9 Å². The Hall–Kier alpha value is -5.08. The lowest BCUT2D eigenvalue weighted by atomic mass is 9.83. The van der Waals surface area contributed by atoms with Crippen molar-refractivity contribution < 1.29 is 26.0 Å². The van der Waals surface area contributed by atoms with E-state index in [0.29, 0.717) is 35.5 Å². The number of aromatic nitrogens is 2. The standard InChI is InChI=1S/C23H23F3N2OS.C20H19ClFN3OS/c1-4-6-15-22(5-2,17-10-12-18(13-11-17)23(24,25)26)28-16-14-19-20(27-30(3)29)8-7-9-21(19)28;1-3-20(9-10-23,14-4-6-15(21)7-5-14)25-11-8-17-18(24-27(2)26)12-16(22)13-19(17)25/h7-14,16,27H,5,15H2,1-3H3;4-8,11-13,24H,3,9H2,1-2H3. The fourth-order valence-corrected chi connectivity index (χ4v) is 8.44. The largest absolute Gasteiger partial charge is 0.416 e. The van der Waals surface area contributed by atoms with Crippen molar-refractivity contribution in [3.05, 3.63) is 131 Å². The third-order valence-corrected chi connectivity index (χ3v) is 11.4. The van der Waals surface area contributed by atoms with E-state index in [1.54, 1.807) is 37.4 Å². The summed E-state index contributed by atoms with van der Waals surface area (Å²) in [6.07, 6.45) is 4.38. The van der Waals surface area contributed by atoms with Gasteiger partial charge in [-0.15, -0.1) is 11.8 Å². The second-order valence-electron chi connectivity index (χ2n) is 13.4. The minimum Gasteiger partial charge on any atom is -0.336 e. The first-order valence-corrected chi connectivity index (χ1v) is 21.5. The number of halogens is 5. The minimum absolute atomic E-state index is 0.216. The quantitative estimate of drug-likeness (QED) is 0.0950. The number of nitrogens with one attached hydrogen (secondary N) is 2. The number of rotatable bonds is 12. The molecule has 4 unspecified atom stereocenters. The maximum atomic E-state index is 14.3. The molecular formula is C43H42ClF4N5O2S2. The number of nitriles is 1. The molecule has 57 heavy (non-hydrogen) atoms. The number of benzene rings is 4. The fourth-order valence-electron chi connectivity index (χ4n) is 7.35. The zero-order chi connectivity index (χ0) is 41.5. The van der Waals surface area contributed by atoms with Gasteiger partial charge in [0.25, 0.3) is 0 Å². The summed E-state index contributed by atoms with van der Waals surface area (Å²) >= 11 is 6.03. The molecule has 0 fully saturated rings. The summed E-state index contributed by atoms with van der Waals surface area (Å²) in [6.45, 7) is 5.75. The van der Waals surface area contributed by atoms with Gasteiger partial charge < -0.3 is 18.6 Å². The van der Waals surface area contributed by atoms with Crippen molar-refractivity contribution >= 4 is 66.8 Å². The molecule has 2 aromatic heterocycles. The predicted octanol–water partition coefficient (Wildman–Crippen LogP) is 11.1. The second-order valence-corrected chi connectivity index (χ2v) is 16.1. The fraction of sp³-hybridized carbons (Fsp3) is 0.279. The Morgan fingerprint density at radius 2 is 1.23 bits per heavy atom. The maximum absolute atomic E-state index is 14.3. The average Bonchev–Trinajstić information content (AvgIpc) is 3.81. The van der Waals surface area contributed by atoms with Crippen molar-refractivity contribution in [2.24, 2.45) is 0 Å². The Labute approximate surface area is 340 Å². The third kappa shape index (κ3) is 9.07. The normalized spacial score (nSPS) is 14.5. The highest BCUT2D eigenvalue weighted by molar-refractivity contribution is 7.85. The molecule has 0 amide bonds. The number of hydrogen-bond donors (Lipinski definition) is 2. The van der Waals surface area contributed by atoms with Gasteiger partial charge >= 0.3 is 6.18 Å². The zero-order valence-electron chi connectivity index (χ0n) is 32.0. The summed E-state index contributed by atoms with van der Waals surface area (Å²) in [5.41, 5.74) is 2.43. The van der Waals surface area contributed by atoms with E-state index in [1.165, 1.54) is 18.4 Å². The molecule has 14 heteroatoms. The van der Waals surface area contributed by atoms with Gasteiger partial charge in [0.05, 0.1) is 51.5 Å². The van der Waals surface area contributed by atoms with Crippen molar-refractivity contribution in [3.8, 4) is 17.9 Å². The van der Waals surface area contributed by atoms with Crippen LogP contribution in [-0.2, 0) is 39.2 Å². The summed E-state index contributed by atoms with van der Waals surface area (Å²) in [6, 6.07) is 27.2.